The van der Waals surface area contributed by atoms with Crippen molar-refractivity contribution in [3.63, 3.8) is 0 Å². The van der Waals surface area contributed by atoms with Gasteiger partial charge in [-0.05, 0) is 35.7 Å². The lowest BCUT2D eigenvalue weighted by Gasteiger charge is -2.18. The zero-order chi connectivity index (χ0) is 23.4. The number of methoxy groups -OCH3 is 1. The molecule has 0 saturated carbocycles. The van der Waals surface area contributed by atoms with Crippen molar-refractivity contribution < 1.29 is 28.7 Å². The number of anilines is 2. The van der Waals surface area contributed by atoms with Crippen molar-refractivity contribution in [1.29, 1.82) is 0 Å². The van der Waals surface area contributed by atoms with Crippen LogP contribution in [0.2, 0.25) is 0 Å². The van der Waals surface area contributed by atoms with Gasteiger partial charge in [-0.2, -0.15) is 0 Å². The minimum Gasteiger partial charge on any atom is -0.465 e. The van der Waals surface area contributed by atoms with E-state index in [0.29, 0.717) is 11.3 Å². The molecule has 0 aliphatic carbocycles. The Morgan fingerprint density at radius 3 is 2.48 bits per heavy atom. The molecule has 1 heterocycles. The van der Waals surface area contributed by atoms with Gasteiger partial charge in [0.05, 0.1) is 24.3 Å². The predicted molar refractivity (Wildman–Crippen MR) is 122 cm³/mol. The van der Waals surface area contributed by atoms with E-state index in [2.05, 4.69) is 10.1 Å². The number of amides is 2. The molecule has 3 aromatic carbocycles. The van der Waals surface area contributed by atoms with Crippen LogP contribution in [0.4, 0.5) is 11.4 Å². The summed E-state index contributed by atoms with van der Waals surface area (Å²) in [6.07, 6.45) is 0.0265. The molecule has 1 saturated heterocycles. The summed E-state index contributed by atoms with van der Waals surface area (Å²) in [7, 11) is 1.28. The van der Waals surface area contributed by atoms with E-state index in [-0.39, 0.29) is 18.9 Å². The maximum atomic E-state index is 12.6. The molecule has 3 aromatic rings. The number of carbonyl (C=O) groups is 4. The number of ether oxygens (including phenoxy) is 2. The van der Waals surface area contributed by atoms with Crippen LogP contribution in [-0.4, -0.2) is 44.0 Å². The van der Waals surface area contributed by atoms with Crippen molar-refractivity contribution in [3.8, 4) is 0 Å². The molecule has 1 N–H and O–H groups in total. The Balaban J connectivity index is 1.33. The minimum atomic E-state index is -0.649. The van der Waals surface area contributed by atoms with Gasteiger partial charge in [-0.3, -0.25) is 14.4 Å². The molecule has 1 aliphatic heterocycles. The van der Waals surface area contributed by atoms with Gasteiger partial charge in [0.25, 0.3) is 5.91 Å². The van der Waals surface area contributed by atoms with E-state index >= 15 is 0 Å². The van der Waals surface area contributed by atoms with Crippen molar-refractivity contribution in [2.24, 2.45) is 5.92 Å². The van der Waals surface area contributed by atoms with Crippen LogP contribution in [0.1, 0.15) is 16.8 Å². The van der Waals surface area contributed by atoms with Crippen LogP contribution in [0.15, 0.2) is 66.7 Å². The van der Waals surface area contributed by atoms with Gasteiger partial charge in [0.2, 0.25) is 5.91 Å². The molecule has 4 rings (SSSR count). The van der Waals surface area contributed by atoms with Crippen LogP contribution < -0.4 is 10.2 Å². The lowest BCUT2D eigenvalue weighted by atomic mass is 10.1. The highest BCUT2D eigenvalue weighted by Crippen LogP contribution is 2.32. The first kappa shape index (κ1) is 22.0. The number of hydrogen-bond acceptors (Lipinski definition) is 6. The fraction of sp³-hybridized carbons (Fsp3) is 0.200. The van der Waals surface area contributed by atoms with E-state index in [1.807, 2.05) is 42.5 Å². The van der Waals surface area contributed by atoms with Crippen LogP contribution in [0.3, 0.4) is 0 Å². The van der Waals surface area contributed by atoms with Crippen LogP contribution in [0, 0.1) is 5.92 Å². The zero-order valence-corrected chi connectivity index (χ0v) is 17.9. The highest BCUT2D eigenvalue weighted by molar-refractivity contribution is 6.06. The van der Waals surface area contributed by atoms with E-state index in [1.54, 1.807) is 17.0 Å². The molecule has 2 amide bonds. The largest absolute Gasteiger partial charge is 0.465 e. The van der Waals surface area contributed by atoms with Crippen molar-refractivity contribution >= 4 is 45.9 Å². The van der Waals surface area contributed by atoms with Crippen molar-refractivity contribution in [2.75, 3.05) is 30.5 Å². The summed E-state index contributed by atoms with van der Waals surface area (Å²) in [5.74, 6) is -2.41. The third kappa shape index (κ3) is 4.85. The zero-order valence-electron chi connectivity index (χ0n) is 17.9. The molecule has 0 unspecified atom stereocenters. The molecule has 1 atom stereocenters. The lowest BCUT2D eigenvalue weighted by Crippen LogP contribution is -2.28. The summed E-state index contributed by atoms with van der Waals surface area (Å²) in [5.41, 5.74) is 1.55. The topological polar surface area (TPSA) is 102 Å². The molecular formula is C25H22N2O6. The lowest BCUT2D eigenvalue weighted by molar-refractivity contribution is -0.151. The number of nitrogens with one attached hydrogen (secondary N) is 1. The normalized spacial score (nSPS) is 15.4. The molecule has 1 aliphatic rings. The van der Waals surface area contributed by atoms with Gasteiger partial charge < -0.3 is 19.7 Å². The Kier molecular flexibility index (Phi) is 6.35. The van der Waals surface area contributed by atoms with Crippen LogP contribution >= 0.6 is 0 Å². The monoisotopic (exact) mass is 446 g/mol. The average Bonchev–Trinajstić information content (AvgIpc) is 3.23. The number of benzene rings is 3. The smallest absolute Gasteiger partial charge is 0.337 e. The standard InChI is InChI=1S/C25H22N2O6/c1-32-24(30)17-9-11-19(12-10-17)26-22(28)15-33-25(31)18-13-23(29)27(14-18)21-8-4-6-16-5-2-3-7-20(16)21/h2-12,18H,13-15H2,1H3,(H,26,28)/t18-/m1/s1. The summed E-state index contributed by atoms with van der Waals surface area (Å²) in [6, 6.07) is 19.5. The summed E-state index contributed by atoms with van der Waals surface area (Å²) in [6.45, 7) is -0.279. The summed E-state index contributed by atoms with van der Waals surface area (Å²) in [4.78, 5) is 50.3. The van der Waals surface area contributed by atoms with E-state index in [0.717, 1.165) is 16.5 Å². The van der Waals surface area contributed by atoms with Gasteiger partial charge in [0, 0.05) is 24.0 Å². The number of rotatable bonds is 6. The van der Waals surface area contributed by atoms with Gasteiger partial charge in [-0.15, -0.1) is 0 Å². The fourth-order valence-corrected chi connectivity index (χ4v) is 3.80. The second kappa shape index (κ2) is 9.52. The fourth-order valence-electron chi connectivity index (χ4n) is 3.80. The summed E-state index contributed by atoms with van der Waals surface area (Å²) >= 11 is 0. The summed E-state index contributed by atoms with van der Waals surface area (Å²) in [5, 5.41) is 4.53. The van der Waals surface area contributed by atoms with E-state index < -0.39 is 30.4 Å². The van der Waals surface area contributed by atoms with Crippen LogP contribution in [-0.2, 0) is 23.9 Å². The van der Waals surface area contributed by atoms with Crippen molar-refractivity contribution in [2.45, 2.75) is 6.42 Å². The van der Waals surface area contributed by atoms with E-state index in [4.69, 9.17) is 4.74 Å². The molecule has 1 fully saturated rings. The van der Waals surface area contributed by atoms with Gasteiger partial charge >= 0.3 is 11.9 Å². The van der Waals surface area contributed by atoms with Crippen molar-refractivity contribution in [3.05, 3.63) is 72.3 Å². The molecule has 168 valence electrons. The number of fused-ring (bicyclic) bond motifs is 1. The van der Waals surface area contributed by atoms with Gasteiger partial charge in [-0.1, -0.05) is 36.4 Å². The Morgan fingerprint density at radius 1 is 1.00 bits per heavy atom. The average molecular weight is 446 g/mol. The van der Waals surface area contributed by atoms with Crippen molar-refractivity contribution in [1.82, 2.24) is 0 Å². The molecular weight excluding hydrogens is 424 g/mol. The summed E-state index contributed by atoms with van der Waals surface area (Å²) < 4.78 is 9.78. The molecule has 8 heteroatoms. The molecule has 0 aromatic heterocycles. The quantitative estimate of drug-likeness (QED) is 0.584. The van der Waals surface area contributed by atoms with Gasteiger partial charge in [0.1, 0.15) is 0 Å². The SMILES string of the molecule is COC(=O)c1ccc(NC(=O)COC(=O)[C@@H]2CC(=O)N(c3cccc4ccccc34)C2)cc1. The molecule has 0 spiro atoms. The first-order chi connectivity index (χ1) is 16.0. The second-order valence-corrected chi connectivity index (χ2v) is 7.63. The maximum Gasteiger partial charge on any atom is 0.337 e. The molecule has 0 radical (unpaired) electrons. The van der Waals surface area contributed by atoms with Gasteiger partial charge in [0.15, 0.2) is 6.61 Å². The predicted octanol–water partition coefficient (Wildman–Crippen LogP) is 3.16. The highest BCUT2D eigenvalue weighted by atomic mass is 16.5. The van der Waals surface area contributed by atoms with Crippen LogP contribution in [0.25, 0.3) is 10.8 Å². The minimum absolute atomic E-state index is 0.0265. The van der Waals surface area contributed by atoms with E-state index in [1.165, 1.54) is 19.2 Å². The molecule has 8 nitrogen and oxygen atoms in total. The second-order valence-electron chi connectivity index (χ2n) is 7.63. The van der Waals surface area contributed by atoms with Gasteiger partial charge in [-0.25, -0.2) is 4.79 Å². The Bertz CT molecular complexity index is 1220. The number of hydrogen-bond donors (Lipinski definition) is 1. The number of carbonyl (C=O) groups excluding carboxylic acids is 4. The Hall–Kier alpha value is -4.20. The first-order valence-corrected chi connectivity index (χ1v) is 10.4. The number of esters is 2. The number of nitrogens with zero attached hydrogens (tertiary/aromatic N) is 1. The first-order valence-electron chi connectivity index (χ1n) is 10.4. The van der Waals surface area contributed by atoms with Crippen LogP contribution in [0.5, 0.6) is 0 Å². The molecule has 33 heavy (non-hydrogen) atoms. The highest BCUT2D eigenvalue weighted by Gasteiger charge is 2.36. The Labute approximate surface area is 190 Å². The Morgan fingerprint density at radius 2 is 1.73 bits per heavy atom. The molecule has 0 bridgehead atoms. The van der Waals surface area contributed by atoms with E-state index in [9.17, 15) is 19.2 Å². The third-order valence-corrected chi connectivity index (χ3v) is 5.45. The third-order valence-electron chi connectivity index (χ3n) is 5.45. The maximum absolute atomic E-state index is 12.6.